The van der Waals surface area contributed by atoms with Crippen molar-refractivity contribution >= 4 is 11.8 Å². The molecule has 1 rings (SSSR count). The summed E-state index contributed by atoms with van der Waals surface area (Å²) in [5.41, 5.74) is 1.53. The molecule has 2 N–H and O–H groups in total. The van der Waals surface area contributed by atoms with Crippen LogP contribution >= 0.6 is 0 Å². The maximum Gasteiger partial charge on any atom is 0.222 e. The summed E-state index contributed by atoms with van der Waals surface area (Å²) < 4.78 is 5.20. The molecule has 6 nitrogen and oxygen atoms in total. The summed E-state index contributed by atoms with van der Waals surface area (Å²) in [5.74, 6) is -0.195. The topological polar surface area (TPSA) is 91.2 Å². The predicted molar refractivity (Wildman–Crippen MR) is 77.1 cm³/mol. The lowest BCUT2D eigenvalue weighted by Crippen LogP contribution is -2.24. The van der Waals surface area contributed by atoms with Crippen LogP contribution in [0.25, 0.3) is 0 Å². The average Bonchev–Trinajstić information content (AvgIpc) is 2.52. The Morgan fingerprint density at radius 3 is 2.33 bits per heavy atom. The average molecular weight is 289 g/mol. The molecule has 0 aliphatic heterocycles. The van der Waals surface area contributed by atoms with Gasteiger partial charge in [-0.25, -0.2) is 0 Å². The smallest absolute Gasteiger partial charge is 0.222 e. The number of nitrogens with zero attached hydrogens (tertiary/aromatic N) is 1. The molecular formula is C15H19N3O3. The Bertz CT molecular complexity index is 506. The number of carbonyl (C=O) groups excluding carboxylic acids is 2. The van der Waals surface area contributed by atoms with E-state index in [0.717, 1.165) is 5.56 Å². The van der Waals surface area contributed by atoms with Gasteiger partial charge in [0.2, 0.25) is 11.8 Å². The highest BCUT2D eigenvalue weighted by Crippen LogP contribution is 2.02. The second-order valence-corrected chi connectivity index (χ2v) is 4.37. The van der Waals surface area contributed by atoms with Gasteiger partial charge in [-0.1, -0.05) is 12.1 Å². The van der Waals surface area contributed by atoms with Crippen LogP contribution in [0.2, 0.25) is 0 Å². The Hall–Kier alpha value is -2.39. The van der Waals surface area contributed by atoms with Crippen molar-refractivity contribution in [1.29, 1.82) is 5.26 Å². The predicted octanol–water partition coefficient (Wildman–Crippen LogP) is 0.717. The van der Waals surface area contributed by atoms with Gasteiger partial charge in [0, 0.05) is 26.4 Å². The molecule has 0 spiro atoms. The summed E-state index contributed by atoms with van der Waals surface area (Å²) >= 11 is 0. The van der Waals surface area contributed by atoms with E-state index in [0.29, 0.717) is 25.1 Å². The van der Waals surface area contributed by atoms with Crippen LogP contribution in [0.4, 0.5) is 0 Å². The lowest BCUT2D eigenvalue weighted by molar-refractivity contribution is -0.122. The molecule has 0 fully saturated rings. The molecule has 0 unspecified atom stereocenters. The quantitative estimate of drug-likeness (QED) is 0.690. The van der Waals surface area contributed by atoms with E-state index in [4.69, 9.17) is 10.00 Å². The van der Waals surface area contributed by atoms with E-state index in [1.165, 1.54) is 0 Å². The van der Waals surface area contributed by atoms with Crippen LogP contribution in [-0.2, 0) is 20.9 Å². The summed E-state index contributed by atoms with van der Waals surface area (Å²) in [6.45, 7) is 1.02. The minimum atomic E-state index is -0.112. The molecule has 112 valence electrons. The SMILES string of the molecule is CNC(=O)CCOCCC(=O)NCc1ccc(C#N)cc1. The van der Waals surface area contributed by atoms with Gasteiger partial charge in [-0.2, -0.15) is 5.26 Å². The number of ether oxygens (including phenoxy) is 1. The second kappa shape index (κ2) is 9.50. The summed E-state index contributed by atoms with van der Waals surface area (Å²) in [6.07, 6.45) is 0.549. The lowest BCUT2D eigenvalue weighted by atomic mass is 10.1. The minimum Gasteiger partial charge on any atom is -0.380 e. The van der Waals surface area contributed by atoms with Crippen molar-refractivity contribution in [3.63, 3.8) is 0 Å². The van der Waals surface area contributed by atoms with Gasteiger partial charge >= 0.3 is 0 Å². The van der Waals surface area contributed by atoms with E-state index < -0.39 is 0 Å². The number of amides is 2. The maximum atomic E-state index is 11.6. The van der Waals surface area contributed by atoms with Gasteiger partial charge in [0.1, 0.15) is 0 Å². The minimum absolute atomic E-state index is 0.0831. The summed E-state index contributed by atoms with van der Waals surface area (Å²) in [6, 6.07) is 9.07. The van der Waals surface area contributed by atoms with Gasteiger partial charge in [-0.05, 0) is 17.7 Å². The van der Waals surface area contributed by atoms with E-state index in [-0.39, 0.29) is 24.8 Å². The van der Waals surface area contributed by atoms with E-state index >= 15 is 0 Å². The zero-order chi connectivity index (χ0) is 15.5. The molecule has 0 saturated heterocycles. The van der Waals surface area contributed by atoms with Crippen LogP contribution < -0.4 is 10.6 Å². The molecule has 0 aliphatic carbocycles. The van der Waals surface area contributed by atoms with Crippen LogP contribution in [0, 0.1) is 11.3 Å². The zero-order valence-corrected chi connectivity index (χ0v) is 12.0. The van der Waals surface area contributed by atoms with Crippen molar-refractivity contribution in [3.05, 3.63) is 35.4 Å². The Balaban J connectivity index is 2.13. The molecule has 0 aliphatic rings. The van der Waals surface area contributed by atoms with Crippen molar-refractivity contribution in [2.75, 3.05) is 20.3 Å². The first-order valence-corrected chi connectivity index (χ1v) is 6.69. The molecule has 0 bridgehead atoms. The molecule has 0 heterocycles. The van der Waals surface area contributed by atoms with E-state index in [1.807, 2.05) is 6.07 Å². The maximum absolute atomic E-state index is 11.6. The summed E-state index contributed by atoms with van der Waals surface area (Å²) in [5, 5.41) is 13.9. The van der Waals surface area contributed by atoms with Gasteiger partial charge < -0.3 is 15.4 Å². The van der Waals surface area contributed by atoms with Crippen LogP contribution in [-0.4, -0.2) is 32.1 Å². The first-order valence-electron chi connectivity index (χ1n) is 6.69. The molecule has 1 aromatic carbocycles. The Labute approximate surface area is 124 Å². The standard InChI is InChI=1S/C15H19N3O3/c1-17-14(19)6-8-21-9-7-15(20)18-11-13-4-2-12(10-16)3-5-13/h2-5H,6-9,11H2,1H3,(H,17,19)(H,18,20). The monoisotopic (exact) mass is 289 g/mol. The molecule has 1 aromatic rings. The number of hydrogen-bond donors (Lipinski definition) is 2. The fourth-order valence-corrected chi connectivity index (χ4v) is 1.54. The normalized spacial score (nSPS) is 9.71. The number of benzene rings is 1. The third-order valence-corrected chi connectivity index (χ3v) is 2.80. The highest BCUT2D eigenvalue weighted by molar-refractivity contribution is 5.76. The first-order chi connectivity index (χ1) is 10.2. The number of rotatable bonds is 8. The van der Waals surface area contributed by atoms with E-state index in [2.05, 4.69) is 10.6 Å². The Morgan fingerprint density at radius 1 is 1.14 bits per heavy atom. The molecule has 2 amide bonds. The second-order valence-electron chi connectivity index (χ2n) is 4.37. The fraction of sp³-hybridized carbons (Fsp3) is 0.400. The molecule has 0 saturated carbocycles. The van der Waals surface area contributed by atoms with Crippen LogP contribution in [0.1, 0.15) is 24.0 Å². The molecule has 0 aromatic heterocycles. The van der Waals surface area contributed by atoms with E-state index in [1.54, 1.807) is 31.3 Å². The third-order valence-electron chi connectivity index (χ3n) is 2.80. The van der Waals surface area contributed by atoms with Crippen molar-refractivity contribution in [2.45, 2.75) is 19.4 Å². The number of nitrogens with one attached hydrogen (secondary N) is 2. The van der Waals surface area contributed by atoms with Gasteiger partial charge in [-0.3, -0.25) is 9.59 Å². The zero-order valence-electron chi connectivity index (χ0n) is 12.0. The van der Waals surface area contributed by atoms with Crippen molar-refractivity contribution in [3.8, 4) is 6.07 Å². The summed E-state index contributed by atoms with van der Waals surface area (Å²) in [7, 11) is 1.57. The molecule has 21 heavy (non-hydrogen) atoms. The number of carbonyl (C=O) groups is 2. The highest BCUT2D eigenvalue weighted by atomic mass is 16.5. The largest absolute Gasteiger partial charge is 0.380 e. The number of nitriles is 1. The Morgan fingerprint density at radius 2 is 1.76 bits per heavy atom. The third kappa shape index (κ3) is 7.09. The van der Waals surface area contributed by atoms with E-state index in [9.17, 15) is 9.59 Å². The van der Waals surface area contributed by atoms with Crippen molar-refractivity contribution in [1.82, 2.24) is 10.6 Å². The fourth-order valence-electron chi connectivity index (χ4n) is 1.54. The van der Waals surface area contributed by atoms with Crippen LogP contribution in [0.15, 0.2) is 24.3 Å². The van der Waals surface area contributed by atoms with Gasteiger partial charge in [0.15, 0.2) is 0 Å². The number of hydrogen-bond acceptors (Lipinski definition) is 4. The molecule has 0 atom stereocenters. The Kier molecular flexibility index (Phi) is 7.54. The molecule has 6 heteroatoms. The molecular weight excluding hydrogens is 270 g/mol. The van der Waals surface area contributed by atoms with Gasteiger partial charge in [-0.15, -0.1) is 0 Å². The molecule has 0 radical (unpaired) electrons. The highest BCUT2D eigenvalue weighted by Gasteiger charge is 2.03. The van der Waals surface area contributed by atoms with Gasteiger partial charge in [0.05, 0.1) is 24.8 Å². The van der Waals surface area contributed by atoms with Crippen LogP contribution in [0.3, 0.4) is 0 Å². The van der Waals surface area contributed by atoms with Crippen LogP contribution in [0.5, 0.6) is 0 Å². The first kappa shape index (κ1) is 16.7. The summed E-state index contributed by atoms with van der Waals surface area (Å²) in [4.78, 5) is 22.5. The van der Waals surface area contributed by atoms with Crippen molar-refractivity contribution in [2.24, 2.45) is 0 Å². The lowest BCUT2D eigenvalue weighted by Gasteiger charge is -2.06. The van der Waals surface area contributed by atoms with Gasteiger partial charge in [0.25, 0.3) is 0 Å². The van der Waals surface area contributed by atoms with Crippen molar-refractivity contribution < 1.29 is 14.3 Å².